The molecule has 0 saturated heterocycles. The number of Topliss-reactive ketones (excluding diaryl/α,β-unsaturated/α-hetero) is 1. The highest BCUT2D eigenvalue weighted by atomic mass is 32.2. The molecule has 0 spiro atoms. The normalized spacial score (nSPS) is 18.2. The van der Waals surface area contributed by atoms with Crippen molar-refractivity contribution >= 4 is 37.3 Å². The molecule has 3 rings (SSSR count). The monoisotopic (exact) mass is 308 g/mol. The number of sulfone groups is 1. The second kappa shape index (κ2) is 4.46. The highest BCUT2D eigenvalue weighted by Gasteiger charge is 2.41. The Labute approximate surface area is 118 Å². The SMILES string of the molecule is Cc1nsc(NN=C2C(=O)c3ccccc3S2(=O)=O)n1. The summed E-state index contributed by atoms with van der Waals surface area (Å²) in [4.78, 5) is 16.0. The Morgan fingerprint density at radius 3 is 2.70 bits per heavy atom. The van der Waals surface area contributed by atoms with Crippen molar-refractivity contribution in [1.29, 1.82) is 0 Å². The van der Waals surface area contributed by atoms with Crippen LogP contribution in [0.4, 0.5) is 5.13 Å². The number of aromatic nitrogens is 2. The summed E-state index contributed by atoms with van der Waals surface area (Å²) in [5, 5.41) is 3.50. The van der Waals surface area contributed by atoms with Crippen LogP contribution in [0.3, 0.4) is 0 Å². The molecular formula is C11H8N4O3S2. The lowest BCUT2D eigenvalue weighted by Crippen LogP contribution is -2.17. The van der Waals surface area contributed by atoms with Gasteiger partial charge in [0.1, 0.15) is 5.82 Å². The topological polar surface area (TPSA) is 101 Å². The largest absolute Gasteiger partial charge is 0.286 e. The maximum atomic E-state index is 12.2. The van der Waals surface area contributed by atoms with E-state index in [0.717, 1.165) is 11.5 Å². The van der Waals surface area contributed by atoms with Gasteiger partial charge in [0.25, 0.3) is 0 Å². The van der Waals surface area contributed by atoms with Crippen molar-refractivity contribution in [2.45, 2.75) is 11.8 Å². The molecule has 0 amide bonds. The number of nitrogens with zero attached hydrogens (tertiary/aromatic N) is 3. The number of rotatable bonds is 2. The Balaban J connectivity index is 2.02. The van der Waals surface area contributed by atoms with Crippen LogP contribution in [0.15, 0.2) is 34.3 Å². The average Bonchev–Trinajstić information content (AvgIpc) is 2.91. The third-order valence-electron chi connectivity index (χ3n) is 2.65. The molecule has 0 atom stereocenters. The van der Waals surface area contributed by atoms with Crippen LogP contribution in [-0.4, -0.2) is 28.6 Å². The fourth-order valence-corrected chi connectivity index (χ4v) is 3.74. The Hall–Kier alpha value is -2.13. The molecule has 0 aliphatic carbocycles. The first-order valence-corrected chi connectivity index (χ1v) is 7.78. The van der Waals surface area contributed by atoms with Gasteiger partial charge in [-0.25, -0.2) is 18.8 Å². The summed E-state index contributed by atoms with van der Waals surface area (Å²) in [6.45, 7) is 1.70. The molecule has 1 aromatic heterocycles. The summed E-state index contributed by atoms with van der Waals surface area (Å²) in [6, 6.07) is 6.03. The molecule has 20 heavy (non-hydrogen) atoms. The van der Waals surface area contributed by atoms with Gasteiger partial charge in [-0.2, -0.15) is 9.47 Å². The molecule has 1 aromatic carbocycles. The minimum atomic E-state index is -3.86. The second-order valence-electron chi connectivity index (χ2n) is 4.00. The highest BCUT2D eigenvalue weighted by molar-refractivity contribution is 8.09. The van der Waals surface area contributed by atoms with Crippen molar-refractivity contribution in [1.82, 2.24) is 9.36 Å². The van der Waals surface area contributed by atoms with E-state index in [2.05, 4.69) is 19.9 Å². The number of carbonyl (C=O) groups excluding carboxylic acids is 1. The zero-order valence-corrected chi connectivity index (χ0v) is 11.8. The van der Waals surface area contributed by atoms with Crippen LogP contribution in [-0.2, 0) is 9.84 Å². The molecule has 1 aliphatic rings. The fraction of sp³-hybridized carbons (Fsp3) is 0.0909. The van der Waals surface area contributed by atoms with Crippen molar-refractivity contribution in [2.75, 3.05) is 5.43 Å². The van der Waals surface area contributed by atoms with Crippen LogP contribution in [0.25, 0.3) is 0 Å². The number of nitrogens with one attached hydrogen (secondary N) is 1. The first-order valence-electron chi connectivity index (χ1n) is 5.53. The Kier molecular flexibility index (Phi) is 2.87. The summed E-state index contributed by atoms with van der Waals surface area (Å²) in [5.41, 5.74) is 2.60. The minimum absolute atomic E-state index is 0.0148. The number of carbonyl (C=O) groups is 1. The van der Waals surface area contributed by atoms with Gasteiger partial charge in [-0.05, 0) is 19.1 Å². The van der Waals surface area contributed by atoms with Crippen LogP contribution in [0.1, 0.15) is 16.2 Å². The summed E-state index contributed by atoms with van der Waals surface area (Å²) in [6.07, 6.45) is 0. The number of hydrogen-bond donors (Lipinski definition) is 1. The highest BCUT2D eigenvalue weighted by Crippen LogP contribution is 2.27. The number of hydrazone groups is 1. The maximum absolute atomic E-state index is 12.2. The maximum Gasteiger partial charge on any atom is 0.230 e. The molecule has 0 fully saturated rings. The van der Waals surface area contributed by atoms with E-state index in [-0.39, 0.29) is 10.5 Å². The number of anilines is 1. The zero-order valence-electron chi connectivity index (χ0n) is 10.2. The molecule has 0 unspecified atom stereocenters. The summed E-state index contributed by atoms with van der Waals surface area (Å²) < 4.78 is 28.3. The van der Waals surface area contributed by atoms with Crippen LogP contribution in [0.5, 0.6) is 0 Å². The third kappa shape index (κ3) is 1.91. The van der Waals surface area contributed by atoms with Gasteiger partial charge in [0.2, 0.25) is 25.8 Å². The van der Waals surface area contributed by atoms with Gasteiger partial charge in [0.15, 0.2) is 0 Å². The van der Waals surface area contributed by atoms with E-state index in [0.29, 0.717) is 11.0 Å². The minimum Gasteiger partial charge on any atom is -0.286 e. The molecule has 0 radical (unpaired) electrons. The van der Waals surface area contributed by atoms with Crippen molar-refractivity contribution < 1.29 is 13.2 Å². The smallest absolute Gasteiger partial charge is 0.230 e. The quantitative estimate of drug-likeness (QED) is 0.838. The van der Waals surface area contributed by atoms with E-state index in [9.17, 15) is 13.2 Å². The van der Waals surface area contributed by atoms with Gasteiger partial charge in [-0.1, -0.05) is 12.1 Å². The number of benzene rings is 1. The molecule has 0 bridgehead atoms. The molecule has 2 heterocycles. The number of hydrogen-bond acceptors (Lipinski definition) is 8. The van der Waals surface area contributed by atoms with E-state index in [1.165, 1.54) is 12.1 Å². The average molecular weight is 308 g/mol. The number of fused-ring (bicyclic) bond motifs is 1. The molecule has 1 N–H and O–H groups in total. The van der Waals surface area contributed by atoms with Crippen LogP contribution < -0.4 is 5.43 Å². The van der Waals surface area contributed by atoms with E-state index in [4.69, 9.17) is 0 Å². The lowest BCUT2D eigenvalue weighted by Gasteiger charge is -1.96. The van der Waals surface area contributed by atoms with E-state index in [1.54, 1.807) is 19.1 Å². The van der Waals surface area contributed by atoms with E-state index >= 15 is 0 Å². The zero-order chi connectivity index (χ0) is 14.3. The molecule has 1 aliphatic heterocycles. The Morgan fingerprint density at radius 2 is 2.05 bits per heavy atom. The van der Waals surface area contributed by atoms with Crippen molar-refractivity contribution in [2.24, 2.45) is 5.10 Å². The molecule has 0 saturated carbocycles. The third-order valence-corrected chi connectivity index (χ3v) is 5.08. The standard InChI is InChI=1S/C11H8N4O3S2/c1-6-12-11(19-15-6)14-13-10-9(16)7-4-2-3-5-8(7)20(10,17)18/h2-5H,1H3,(H,12,14,15). The van der Waals surface area contributed by atoms with E-state index in [1.807, 2.05) is 0 Å². The molecule has 2 aromatic rings. The summed E-state index contributed by atoms with van der Waals surface area (Å²) in [7, 11) is -3.86. The first kappa shape index (κ1) is 12.9. The number of aryl methyl sites for hydroxylation is 1. The molecule has 9 heteroatoms. The Bertz CT molecular complexity index is 839. The predicted molar refractivity (Wildman–Crippen MR) is 73.7 cm³/mol. The van der Waals surface area contributed by atoms with Gasteiger partial charge >= 0.3 is 0 Å². The Morgan fingerprint density at radius 1 is 1.30 bits per heavy atom. The van der Waals surface area contributed by atoms with Gasteiger partial charge in [0, 0.05) is 17.1 Å². The lowest BCUT2D eigenvalue weighted by atomic mass is 10.1. The molecule has 102 valence electrons. The summed E-state index contributed by atoms with van der Waals surface area (Å²) >= 11 is 1.03. The van der Waals surface area contributed by atoms with Crippen LogP contribution >= 0.6 is 11.5 Å². The van der Waals surface area contributed by atoms with Gasteiger partial charge < -0.3 is 0 Å². The molecular weight excluding hydrogens is 300 g/mol. The predicted octanol–water partition coefficient (Wildman–Crippen LogP) is 1.24. The lowest BCUT2D eigenvalue weighted by molar-refractivity contribution is 0.106. The van der Waals surface area contributed by atoms with E-state index < -0.39 is 20.7 Å². The van der Waals surface area contributed by atoms with Gasteiger partial charge in [-0.15, -0.1) is 0 Å². The summed E-state index contributed by atoms with van der Waals surface area (Å²) in [5.74, 6) is -0.0732. The second-order valence-corrected chi connectivity index (χ2v) is 6.59. The van der Waals surface area contributed by atoms with Gasteiger partial charge in [0.05, 0.1) is 4.90 Å². The fourth-order valence-electron chi connectivity index (χ4n) is 1.78. The van der Waals surface area contributed by atoms with Crippen molar-refractivity contribution in [3.63, 3.8) is 0 Å². The van der Waals surface area contributed by atoms with Gasteiger partial charge in [-0.3, -0.25) is 4.79 Å². The molecule has 7 nitrogen and oxygen atoms in total. The van der Waals surface area contributed by atoms with Crippen molar-refractivity contribution in [3.8, 4) is 0 Å². The van der Waals surface area contributed by atoms with Crippen LogP contribution in [0, 0.1) is 6.92 Å². The van der Waals surface area contributed by atoms with Crippen LogP contribution in [0.2, 0.25) is 0 Å². The first-order chi connectivity index (χ1) is 9.50. The van der Waals surface area contributed by atoms with Crippen molar-refractivity contribution in [3.05, 3.63) is 35.7 Å². The number of ketones is 1.